The fraction of sp³-hybridized carbons (Fsp3) is 0.714. The van der Waals surface area contributed by atoms with Crippen molar-refractivity contribution < 1.29 is 5.11 Å². The monoisotopic (exact) mass is 203 g/mol. The van der Waals surface area contributed by atoms with Crippen molar-refractivity contribution in [1.29, 1.82) is 0 Å². The average molecular weight is 203 g/mol. The number of hydrogen-bond acceptors (Lipinski definition) is 4. The zero-order chi connectivity index (χ0) is 10.0. The molecule has 0 fully saturated rings. The maximum atomic E-state index is 11.0. The molecule has 1 heterocycles. The Bertz CT molecular complexity index is 331. The number of aliphatic hydroxyl groups excluding tert-OH is 1. The third kappa shape index (κ3) is 2.35. The van der Waals surface area contributed by atoms with Gasteiger partial charge in [0.15, 0.2) is 5.16 Å². The molecule has 0 aliphatic rings. The molecule has 1 aromatic rings. The minimum Gasteiger partial charge on any atom is -0.392 e. The van der Waals surface area contributed by atoms with Crippen LogP contribution in [0.4, 0.5) is 0 Å². The van der Waals surface area contributed by atoms with Crippen LogP contribution in [0, 0.1) is 0 Å². The van der Waals surface area contributed by atoms with Crippen LogP contribution in [-0.2, 0) is 7.05 Å². The van der Waals surface area contributed by atoms with Crippen LogP contribution >= 0.6 is 11.8 Å². The fourth-order valence-electron chi connectivity index (χ4n) is 0.703. The van der Waals surface area contributed by atoms with Crippen molar-refractivity contribution in [3.05, 3.63) is 10.5 Å². The Kier molecular flexibility index (Phi) is 3.16. The summed E-state index contributed by atoms with van der Waals surface area (Å²) in [6, 6.07) is 0. The van der Waals surface area contributed by atoms with E-state index in [0.29, 0.717) is 5.16 Å². The summed E-state index contributed by atoms with van der Waals surface area (Å²) in [5.41, 5.74) is -0.236. The lowest BCUT2D eigenvalue weighted by atomic mass is 10.3. The second kappa shape index (κ2) is 3.97. The van der Waals surface area contributed by atoms with E-state index in [4.69, 9.17) is 0 Å². The van der Waals surface area contributed by atoms with Gasteiger partial charge in [0.1, 0.15) is 0 Å². The summed E-state index contributed by atoms with van der Waals surface area (Å²) >= 11 is 1.37. The molecule has 0 bridgehead atoms. The summed E-state index contributed by atoms with van der Waals surface area (Å²) in [6.45, 7) is 3.59. The Morgan fingerprint density at radius 3 is 2.62 bits per heavy atom. The van der Waals surface area contributed by atoms with Crippen molar-refractivity contribution in [1.82, 2.24) is 14.8 Å². The third-order valence-corrected chi connectivity index (χ3v) is 3.15. The van der Waals surface area contributed by atoms with Crippen LogP contribution in [0.5, 0.6) is 0 Å². The maximum Gasteiger partial charge on any atom is 0.343 e. The molecule has 0 saturated carbocycles. The van der Waals surface area contributed by atoms with Crippen molar-refractivity contribution >= 4 is 11.8 Å². The van der Waals surface area contributed by atoms with Gasteiger partial charge < -0.3 is 5.11 Å². The highest BCUT2D eigenvalue weighted by Crippen LogP contribution is 2.21. The highest BCUT2D eigenvalue weighted by molar-refractivity contribution is 7.99. The second-order valence-electron chi connectivity index (χ2n) is 2.93. The number of thioether (sulfide) groups is 1. The molecule has 13 heavy (non-hydrogen) atoms. The lowest BCUT2D eigenvalue weighted by Gasteiger charge is -2.12. The molecule has 2 unspecified atom stereocenters. The minimum atomic E-state index is -0.420. The lowest BCUT2D eigenvalue weighted by Crippen LogP contribution is -2.17. The number of hydrogen-bond donors (Lipinski definition) is 2. The highest BCUT2D eigenvalue weighted by Gasteiger charge is 2.14. The smallest absolute Gasteiger partial charge is 0.343 e. The molecule has 2 atom stereocenters. The maximum absolute atomic E-state index is 11.0. The topological polar surface area (TPSA) is 70.9 Å². The summed E-state index contributed by atoms with van der Waals surface area (Å²) in [5, 5.41) is 16.0. The molecule has 1 rings (SSSR count). The molecule has 0 aromatic carbocycles. The molecule has 5 nitrogen and oxygen atoms in total. The van der Waals surface area contributed by atoms with Crippen LogP contribution < -0.4 is 5.69 Å². The van der Waals surface area contributed by atoms with E-state index in [-0.39, 0.29) is 10.9 Å². The van der Waals surface area contributed by atoms with Gasteiger partial charge in [-0.05, 0) is 6.92 Å². The summed E-state index contributed by atoms with van der Waals surface area (Å²) in [5.74, 6) is 0. The first-order valence-corrected chi connectivity index (χ1v) is 4.86. The Balaban J connectivity index is 2.75. The standard InChI is InChI=1S/C7H13N3O2S/c1-4(11)5(2)13-7-9-8-6(12)10(7)3/h4-5,11H,1-3H3,(H,8,12). The van der Waals surface area contributed by atoms with E-state index in [1.165, 1.54) is 16.3 Å². The van der Waals surface area contributed by atoms with Gasteiger partial charge in [0.2, 0.25) is 0 Å². The van der Waals surface area contributed by atoms with E-state index < -0.39 is 6.10 Å². The number of H-pyrrole nitrogens is 1. The van der Waals surface area contributed by atoms with Gasteiger partial charge in [0, 0.05) is 12.3 Å². The van der Waals surface area contributed by atoms with E-state index in [9.17, 15) is 9.90 Å². The largest absolute Gasteiger partial charge is 0.392 e. The summed E-state index contributed by atoms with van der Waals surface area (Å²) < 4.78 is 1.42. The second-order valence-corrected chi connectivity index (χ2v) is 4.28. The number of nitrogens with one attached hydrogen (secondary N) is 1. The molecule has 6 heteroatoms. The molecule has 0 amide bonds. The summed E-state index contributed by atoms with van der Waals surface area (Å²) in [4.78, 5) is 11.0. The van der Waals surface area contributed by atoms with Crippen molar-refractivity contribution in [3.8, 4) is 0 Å². The van der Waals surface area contributed by atoms with Crippen LogP contribution in [-0.4, -0.2) is 31.2 Å². The molecule has 0 radical (unpaired) electrons. The fourth-order valence-corrected chi connectivity index (χ4v) is 1.57. The number of rotatable bonds is 3. The molecule has 0 aliphatic heterocycles. The van der Waals surface area contributed by atoms with Gasteiger partial charge in [0.25, 0.3) is 0 Å². The van der Waals surface area contributed by atoms with E-state index >= 15 is 0 Å². The molecule has 0 spiro atoms. The van der Waals surface area contributed by atoms with Crippen molar-refractivity contribution in [2.45, 2.75) is 30.4 Å². The minimum absolute atomic E-state index is 0.0221. The predicted octanol–water partition coefficient (Wildman–Crippen LogP) is -0.0302. The van der Waals surface area contributed by atoms with Gasteiger partial charge >= 0.3 is 5.69 Å². The van der Waals surface area contributed by atoms with E-state index in [0.717, 1.165) is 0 Å². The van der Waals surface area contributed by atoms with Gasteiger partial charge in [-0.2, -0.15) is 0 Å². The van der Waals surface area contributed by atoms with Crippen LogP contribution in [0.1, 0.15) is 13.8 Å². The van der Waals surface area contributed by atoms with Gasteiger partial charge in [-0.25, -0.2) is 9.89 Å². The Morgan fingerprint density at radius 1 is 1.62 bits per heavy atom. The molecular formula is C7H13N3O2S. The van der Waals surface area contributed by atoms with Crippen molar-refractivity contribution in [3.63, 3.8) is 0 Å². The number of aromatic amines is 1. The average Bonchev–Trinajstić information content (AvgIpc) is 2.36. The first kappa shape index (κ1) is 10.3. The molecular weight excluding hydrogens is 190 g/mol. The van der Waals surface area contributed by atoms with Gasteiger partial charge in [-0.3, -0.25) is 4.57 Å². The first-order valence-electron chi connectivity index (χ1n) is 3.98. The molecule has 0 aliphatic carbocycles. The van der Waals surface area contributed by atoms with Gasteiger partial charge in [0.05, 0.1) is 6.10 Å². The molecule has 1 aromatic heterocycles. The molecule has 0 saturated heterocycles. The number of aromatic nitrogens is 3. The Hall–Kier alpha value is -0.750. The highest BCUT2D eigenvalue weighted by atomic mass is 32.2. The first-order chi connectivity index (χ1) is 6.02. The zero-order valence-corrected chi connectivity index (χ0v) is 8.63. The van der Waals surface area contributed by atoms with E-state index in [2.05, 4.69) is 10.2 Å². The SMILES string of the molecule is CC(O)C(C)Sc1n[nH]c(=O)n1C. The predicted molar refractivity (Wildman–Crippen MR) is 50.8 cm³/mol. The summed E-state index contributed by atoms with van der Waals surface area (Å²) in [6.07, 6.45) is -0.420. The van der Waals surface area contributed by atoms with Crippen molar-refractivity contribution in [2.75, 3.05) is 0 Å². The zero-order valence-electron chi connectivity index (χ0n) is 7.81. The van der Waals surface area contributed by atoms with E-state index in [1.807, 2.05) is 6.92 Å². The van der Waals surface area contributed by atoms with E-state index in [1.54, 1.807) is 14.0 Å². The van der Waals surface area contributed by atoms with Gasteiger partial charge in [-0.15, -0.1) is 5.10 Å². The quantitative estimate of drug-likeness (QED) is 0.677. The number of aliphatic hydroxyl groups is 1. The van der Waals surface area contributed by atoms with Crippen LogP contribution in [0.3, 0.4) is 0 Å². The number of nitrogens with zero attached hydrogens (tertiary/aromatic N) is 2. The Morgan fingerprint density at radius 2 is 2.23 bits per heavy atom. The Labute approximate surface area is 80.2 Å². The summed E-state index contributed by atoms with van der Waals surface area (Å²) in [7, 11) is 1.64. The van der Waals surface area contributed by atoms with Gasteiger partial charge in [-0.1, -0.05) is 18.7 Å². The van der Waals surface area contributed by atoms with Crippen molar-refractivity contribution in [2.24, 2.45) is 7.05 Å². The molecule has 2 N–H and O–H groups in total. The molecule has 74 valence electrons. The third-order valence-electron chi connectivity index (χ3n) is 1.81. The van der Waals surface area contributed by atoms with Crippen LogP contribution in [0.2, 0.25) is 0 Å². The van der Waals surface area contributed by atoms with Crippen LogP contribution in [0.15, 0.2) is 9.95 Å². The normalized spacial score (nSPS) is 15.7. The lowest BCUT2D eigenvalue weighted by molar-refractivity contribution is 0.196. The van der Waals surface area contributed by atoms with Crippen LogP contribution in [0.25, 0.3) is 0 Å².